The summed E-state index contributed by atoms with van der Waals surface area (Å²) in [4.78, 5) is 24.7. The van der Waals surface area contributed by atoms with Crippen molar-refractivity contribution in [1.82, 2.24) is 0 Å². The summed E-state index contributed by atoms with van der Waals surface area (Å²) >= 11 is 3.85. The minimum Gasteiger partial charge on any atom is -0.457 e. The fraction of sp³-hybridized carbons (Fsp3) is 0.765. The maximum Gasteiger partial charge on any atom is 0.312 e. The number of nitrogens with one attached hydrogen (secondary N) is 1. The standard InChI is InChI=1S/C17H21BrN2O3/c1-10(20)13(7-19)14(21)8-23-15(22)16-3-11-2-12(4-16)6-17(18,5-11)9-16/h11-13,20H,2-6,8-9H2,1H3/t11-,12-,13?,16?,17?/m0/s1. The molecule has 23 heavy (non-hydrogen) atoms. The molecule has 4 aliphatic rings. The van der Waals surface area contributed by atoms with Gasteiger partial charge in [-0.3, -0.25) is 9.59 Å². The second-order valence-electron chi connectivity index (χ2n) is 7.68. The lowest BCUT2D eigenvalue weighted by Crippen LogP contribution is -2.56. The summed E-state index contributed by atoms with van der Waals surface area (Å²) in [5, 5.41) is 16.4. The molecule has 0 spiro atoms. The lowest BCUT2D eigenvalue weighted by molar-refractivity contribution is -0.171. The minimum absolute atomic E-state index is 0.0113. The Morgan fingerprint density at radius 1 is 1.35 bits per heavy atom. The molecule has 4 aliphatic carbocycles. The Labute approximate surface area is 144 Å². The van der Waals surface area contributed by atoms with Gasteiger partial charge < -0.3 is 10.1 Å². The van der Waals surface area contributed by atoms with Gasteiger partial charge in [0, 0.05) is 10.0 Å². The molecule has 4 rings (SSSR count). The summed E-state index contributed by atoms with van der Waals surface area (Å²) in [7, 11) is 0. The Hall–Kier alpha value is -1.22. The van der Waals surface area contributed by atoms with Crippen molar-refractivity contribution in [1.29, 1.82) is 10.7 Å². The van der Waals surface area contributed by atoms with Crippen molar-refractivity contribution in [2.75, 3.05) is 6.61 Å². The van der Waals surface area contributed by atoms with E-state index in [1.54, 1.807) is 6.07 Å². The summed E-state index contributed by atoms with van der Waals surface area (Å²) in [6.45, 7) is 1.01. The maximum absolute atomic E-state index is 12.7. The van der Waals surface area contributed by atoms with Crippen LogP contribution in [-0.2, 0) is 14.3 Å². The predicted octanol–water partition coefficient (Wildman–Crippen LogP) is 3.01. The molecule has 3 atom stereocenters. The van der Waals surface area contributed by atoms with Gasteiger partial charge in [0.1, 0.15) is 5.92 Å². The lowest BCUT2D eigenvalue weighted by atomic mass is 9.49. The molecule has 4 bridgehead atoms. The van der Waals surface area contributed by atoms with Crippen LogP contribution in [0.2, 0.25) is 0 Å². The van der Waals surface area contributed by atoms with E-state index >= 15 is 0 Å². The Morgan fingerprint density at radius 3 is 2.43 bits per heavy atom. The van der Waals surface area contributed by atoms with E-state index in [0.717, 1.165) is 32.1 Å². The summed E-state index contributed by atoms with van der Waals surface area (Å²) in [5.74, 6) is -0.777. The number of nitrogens with zero attached hydrogens (tertiary/aromatic N) is 1. The van der Waals surface area contributed by atoms with E-state index in [1.165, 1.54) is 13.3 Å². The normalized spacial score (nSPS) is 38.7. The zero-order valence-corrected chi connectivity index (χ0v) is 14.8. The van der Waals surface area contributed by atoms with Gasteiger partial charge in [0.15, 0.2) is 12.4 Å². The SMILES string of the molecule is CC(=N)C(C#N)C(=O)COC(=O)C12C[C@@H]3C[C@H](CC(Br)(C3)C1)C2. The summed E-state index contributed by atoms with van der Waals surface area (Å²) in [6.07, 6.45) is 5.95. The van der Waals surface area contributed by atoms with Gasteiger partial charge in [-0.2, -0.15) is 5.26 Å². The highest BCUT2D eigenvalue weighted by atomic mass is 79.9. The van der Waals surface area contributed by atoms with E-state index in [4.69, 9.17) is 15.4 Å². The molecular weight excluding hydrogens is 360 g/mol. The third-order valence-corrected chi connectivity index (χ3v) is 6.58. The van der Waals surface area contributed by atoms with Crippen LogP contribution in [0.15, 0.2) is 0 Å². The van der Waals surface area contributed by atoms with Crippen molar-refractivity contribution < 1.29 is 14.3 Å². The second kappa shape index (κ2) is 5.70. The van der Waals surface area contributed by atoms with Crippen LogP contribution in [0.4, 0.5) is 0 Å². The van der Waals surface area contributed by atoms with Crippen LogP contribution in [0.3, 0.4) is 0 Å². The molecule has 1 N–H and O–H groups in total. The fourth-order valence-corrected chi connectivity index (χ4v) is 6.63. The van der Waals surface area contributed by atoms with Crippen LogP contribution in [0.5, 0.6) is 0 Å². The molecule has 5 nitrogen and oxygen atoms in total. The van der Waals surface area contributed by atoms with E-state index in [0.29, 0.717) is 11.8 Å². The first-order chi connectivity index (χ1) is 10.8. The topological polar surface area (TPSA) is 91.0 Å². The van der Waals surface area contributed by atoms with Gasteiger partial charge in [-0.15, -0.1) is 0 Å². The Kier molecular flexibility index (Phi) is 4.12. The molecule has 0 heterocycles. The van der Waals surface area contributed by atoms with E-state index in [1.807, 2.05) is 0 Å². The van der Waals surface area contributed by atoms with Crippen LogP contribution in [-0.4, -0.2) is 28.4 Å². The van der Waals surface area contributed by atoms with Crippen LogP contribution in [0, 0.1) is 39.9 Å². The van der Waals surface area contributed by atoms with Gasteiger partial charge in [0.25, 0.3) is 0 Å². The molecule has 0 aromatic rings. The quantitative estimate of drug-likeness (QED) is 0.450. The number of Topliss-reactive ketones (excluding diaryl/α,β-unsaturated/α-hetero) is 1. The molecular formula is C17H21BrN2O3. The van der Waals surface area contributed by atoms with Crippen molar-refractivity contribution in [2.24, 2.45) is 23.2 Å². The van der Waals surface area contributed by atoms with Crippen molar-refractivity contribution in [3.63, 3.8) is 0 Å². The number of hydrogen-bond donors (Lipinski definition) is 1. The smallest absolute Gasteiger partial charge is 0.312 e. The van der Waals surface area contributed by atoms with Crippen LogP contribution < -0.4 is 0 Å². The highest BCUT2D eigenvalue weighted by Crippen LogP contribution is 2.64. The number of nitriles is 1. The minimum atomic E-state index is -1.11. The number of hydrogen-bond acceptors (Lipinski definition) is 5. The first-order valence-electron chi connectivity index (χ1n) is 8.10. The number of alkyl halides is 1. The number of ketones is 1. The molecule has 0 radical (unpaired) electrons. The summed E-state index contributed by atoms with van der Waals surface area (Å²) in [6, 6.07) is 1.79. The average molecular weight is 381 g/mol. The van der Waals surface area contributed by atoms with Gasteiger partial charge in [0.05, 0.1) is 11.5 Å². The molecule has 0 amide bonds. The van der Waals surface area contributed by atoms with Gasteiger partial charge in [-0.1, -0.05) is 15.9 Å². The van der Waals surface area contributed by atoms with E-state index in [2.05, 4.69) is 15.9 Å². The second-order valence-corrected chi connectivity index (χ2v) is 9.36. The molecule has 1 unspecified atom stereocenters. The first kappa shape index (κ1) is 16.6. The zero-order valence-electron chi connectivity index (χ0n) is 13.2. The first-order valence-corrected chi connectivity index (χ1v) is 8.90. The van der Waals surface area contributed by atoms with Crippen molar-refractivity contribution in [3.8, 4) is 6.07 Å². The maximum atomic E-state index is 12.7. The highest BCUT2D eigenvalue weighted by Gasteiger charge is 2.60. The summed E-state index contributed by atoms with van der Waals surface area (Å²) in [5.41, 5.74) is -0.474. The highest BCUT2D eigenvalue weighted by molar-refractivity contribution is 9.10. The van der Waals surface area contributed by atoms with Gasteiger partial charge in [-0.25, -0.2) is 0 Å². The van der Waals surface area contributed by atoms with Gasteiger partial charge >= 0.3 is 5.97 Å². The Balaban J connectivity index is 1.66. The number of carbonyl (C=O) groups is 2. The van der Waals surface area contributed by atoms with E-state index < -0.39 is 23.7 Å². The number of halogens is 1. The number of ether oxygens (including phenoxy) is 1. The Bertz CT molecular complexity index is 595. The van der Waals surface area contributed by atoms with Gasteiger partial charge in [0.2, 0.25) is 0 Å². The van der Waals surface area contributed by atoms with Crippen LogP contribution >= 0.6 is 15.9 Å². The van der Waals surface area contributed by atoms with Crippen molar-refractivity contribution >= 4 is 33.4 Å². The molecule has 4 fully saturated rings. The van der Waals surface area contributed by atoms with Gasteiger partial charge in [-0.05, 0) is 57.3 Å². The monoisotopic (exact) mass is 380 g/mol. The molecule has 0 aromatic carbocycles. The third kappa shape index (κ3) is 2.96. The molecule has 6 heteroatoms. The molecule has 4 saturated carbocycles. The summed E-state index contributed by atoms with van der Waals surface area (Å²) < 4.78 is 5.37. The van der Waals surface area contributed by atoms with Crippen LogP contribution in [0.1, 0.15) is 45.4 Å². The largest absolute Gasteiger partial charge is 0.457 e. The predicted molar refractivity (Wildman–Crippen MR) is 87.2 cm³/mol. The van der Waals surface area contributed by atoms with E-state index in [9.17, 15) is 9.59 Å². The molecule has 0 aliphatic heterocycles. The zero-order chi connectivity index (χ0) is 16.8. The third-order valence-electron chi connectivity index (χ3n) is 5.65. The number of carbonyl (C=O) groups excluding carboxylic acids is 2. The Morgan fingerprint density at radius 2 is 1.96 bits per heavy atom. The van der Waals surface area contributed by atoms with Crippen molar-refractivity contribution in [3.05, 3.63) is 0 Å². The lowest BCUT2D eigenvalue weighted by Gasteiger charge is -2.58. The molecule has 124 valence electrons. The fourth-order valence-electron chi connectivity index (χ4n) is 5.17. The van der Waals surface area contributed by atoms with E-state index in [-0.39, 0.29) is 16.0 Å². The molecule has 0 saturated heterocycles. The van der Waals surface area contributed by atoms with Crippen LogP contribution in [0.25, 0.3) is 0 Å². The number of esters is 1. The number of rotatable bonds is 5. The molecule has 0 aromatic heterocycles. The van der Waals surface area contributed by atoms with Crippen molar-refractivity contribution in [2.45, 2.75) is 49.8 Å². The average Bonchev–Trinajstić information content (AvgIpc) is 2.42.